The maximum atomic E-state index is 11.9. The van der Waals surface area contributed by atoms with E-state index in [4.69, 9.17) is 27.3 Å². The summed E-state index contributed by atoms with van der Waals surface area (Å²) in [6.45, 7) is 5.33. The van der Waals surface area contributed by atoms with Crippen molar-refractivity contribution >= 4 is 11.9 Å². The predicted molar refractivity (Wildman–Crippen MR) is 101 cm³/mol. The maximum Gasteiger partial charge on any atom is 0.236 e. The Kier molecular flexibility index (Phi) is 15.2. The molecule has 0 aromatic carbocycles. The predicted octanol–water partition coefficient (Wildman–Crippen LogP) is -1.23. The second-order valence-corrected chi connectivity index (χ2v) is 6.06. The first kappa shape index (κ1) is 23.6. The van der Waals surface area contributed by atoms with Gasteiger partial charge < -0.3 is 37.5 Å². The molecule has 0 aliphatic heterocycles. The summed E-state index contributed by atoms with van der Waals surface area (Å²) in [7, 11) is 1.69. The first-order chi connectivity index (χ1) is 12.0. The van der Waals surface area contributed by atoms with E-state index in [9.17, 15) is 4.79 Å². The molecule has 0 unspecified atom stereocenters. The molecule has 0 spiro atoms. The first-order valence-electron chi connectivity index (χ1n) is 9.03. The van der Waals surface area contributed by atoms with Crippen molar-refractivity contribution in [1.29, 1.82) is 5.41 Å². The molecule has 0 heterocycles. The van der Waals surface area contributed by atoms with Crippen LogP contribution in [-0.2, 0) is 9.53 Å². The van der Waals surface area contributed by atoms with Gasteiger partial charge in [-0.1, -0.05) is 0 Å². The quantitative estimate of drug-likeness (QED) is 0.114. The molecule has 9 nitrogen and oxygen atoms in total. The van der Waals surface area contributed by atoms with E-state index in [1.165, 1.54) is 0 Å². The molecule has 9 heteroatoms. The number of nitrogens with zero attached hydrogens (tertiary/aromatic N) is 1. The molecule has 0 aliphatic rings. The average molecular weight is 360 g/mol. The monoisotopic (exact) mass is 359 g/mol. The Labute approximate surface area is 151 Å². The second-order valence-electron chi connectivity index (χ2n) is 6.06. The van der Waals surface area contributed by atoms with Crippen molar-refractivity contribution in [3.8, 4) is 0 Å². The summed E-state index contributed by atoms with van der Waals surface area (Å²) < 4.78 is 5.11. The van der Waals surface area contributed by atoms with Gasteiger partial charge in [0.25, 0.3) is 0 Å². The van der Waals surface area contributed by atoms with E-state index >= 15 is 0 Å². The van der Waals surface area contributed by atoms with Crippen molar-refractivity contribution in [3.63, 3.8) is 0 Å². The van der Waals surface area contributed by atoms with Crippen molar-refractivity contribution in [1.82, 2.24) is 15.5 Å². The number of ether oxygens (including phenoxy) is 1. The van der Waals surface area contributed by atoms with Crippen molar-refractivity contribution in [2.45, 2.75) is 38.1 Å². The van der Waals surface area contributed by atoms with Crippen LogP contribution in [0.15, 0.2) is 0 Å². The third-order valence-electron chi connectivity index (χ3n) is 3.83. The molecule has 0 fully saturated rings. The van der Waals surface area contributed by atoms with Gasteiger partial charge in [0.05, 0.1) is 12.6 Å². The van der Waals surface area contributed by atoms with Crippen LogP contribution in [0.25, 0.3) is 0 Å². The van der Waals surface area contributed by atoms with Gasteiger partial charge in [0.15, 0.2) is 5.96 Å². The van der Waals surface area contributed by atoms with E-state index in [0.717, 1.165) is 45.3 Å². The Morgan fingerprint density at radius 2 is 1.80 bits per heavy atom. The van der Waals surface area contributed by atoms with Crippen LogP contribution in [0, 0.1) is 5.41 Å². The van der Waals surface area contributed by atoms with Gasteiger partial charge in [0, 0.05) is 26.7 Å². The molecular formula is C16H37N7O2. The van der Waals surface area contributed by atoms with Gasteiger partial charge in [-0.05, 0) is 51.7 Å². The van der Waals surface area contributed by atoms with Gasteiger partial charge in [-0.25, -0.2) is 0 Å². The van der Waals surface area contributed by atoms with E-state index in [1.807, 2.05) is 0 Å². The van der Waals surface area contributed by atoms with Crippen LogP contribution in [0.1, 0.15) is 32.1 Å². The third kappa shape index (κ3) is 14.6. The zero-order valence-electron chi connectivity index (χ0n) is 15.6. The summed E-state index contributed by atoms with van der Waals surface area (Å²) in [5.41, 5.74) is 16.6. The average Bonchev–Trinajstić information content (AvgIpc) is 2.59. The highest BCUT2D eigenvalue weighted by Crippen LogP contribution is 1.99. The molecule has 25 heavy (non-hydrogen) atoms. The number of unbranched alkanes of at least 4 members (excludes halogenated alkanes) is 1. The molecule has 0 rings (SSSR count). The fourth-order valence-electron chi connectivity index (χ4n) is 2.36. The lowest BCUT2D eigenvalue weighted by molar-refractivity contribution is -0.122. The second kappa shape index (κ2) is 16.1. The molecule has 0 bridgehead atoms. The summed E-state index contributed by atoms with van der Waals surface area (Å²) in [5.74, 6) is -0.141. The summed E-state index contributed by atoms with van der Waals surface area (Å²) in [5, 5.41) is 12.7. The molecule has 0 saturated carbocycles. The fourth-order valence-corrected chi connectivity index (χ4v) is 2.36. The van der Waals surface area contributed by atoms with E-state index in [2.05, 4.69) is 15.5 Å². The first-order valence-corrected chi connectivity index (χ1v) is 9.03. The summed E-state index contributed by atoms with van der Waals surface area (Å²) in [6.07, 6.45) is 4.10. The lowest BCUT2D eigenvalue weighted by Crippen LogP contribution is -2.42. The Balaban J connectivity index is 3.78. The molecule has 9 N–H and O–H groups in total. The number of hydrogen-bond acceptors (Lipinski definition) is 6. The lowest BCUT2D eigenvalue weighted by Gasteiger charge is -2.22. The summed E-state index contributed by atoms with van der Waals surface area (Å²) in [6, 6.07) is -0.487. The molecular weight excluding hydrogens is 322 g/mol. The minimum atomic E-state index is -0.487. The van der Waals surface area contributed by atoms with E-state index < -0.39 is 6.04 Å². The van der Waals surface area contributed by atoms with Crippen LogP contribution < -0.4 is 27.8 Å². The van der Waals surface area contributed by atoms with Crippen LogP contribution in [0.3, 0.4) is 0 Å². The highest BCUT2D eigenvalue weighted by Gasteiger charge is 2.12. The molecule has 0 saturated heterocycles. The molecule has 1 amide bonds. The molecule has 148 valence electrons. The van der Waals surface area contributed by atoms with Gasteiger partial charge in [0.2, 0.25) is 5.91 Å². The Morgan fingerprint density at radius 1 is 1.12 bits per heavy atom. The van der Waals surface area contributed by atoms with Gasteiger partial charge >= 0.3 is 0 Å². The van der Waals surface area contributed by atoms with Crippen LogP contribution in [-0.4, -0.2) is 75.8 Å². The van der Waals surface area contributed by atoms with Gasteiger partial charge in [-0.3, -0.25) is 10.2 Å². The number of carbonyl (C=O) groups excluding carboxylic acids is 1. The Bertz CT molecular complexity index is 347. The standard InChI is InChI=1S/C16H37N7O2/c1-25-13-12-23(10-4-7-17)11-5-9-21-15(24)14(18)6-2-3-8-22-16(19)20/h14H,2-13,17-18H2,1H3,(H,21,24)(H4,19,20,22)/t14-/m0/s1. The Hall–Kier alpha value is -1.42. The summed E-state index contributed by atoms with van der Waals surface area (Å²) >= 11 is 0. The molecule has 1 atom stereocenters. The Morgan fingerprint density at radius 3 is 2.44 bits per heavy atom. The van der Waals surface area contributed by atoms with Gasteiger partial charge in [0.1, 0.15) is 0 Å². The van der Waals surface area contributed by atoms with Crippen LogP contribution in [0.2, 0.25) is 0 Å². The van der Waals surface area contributed by atoms with Crippen molar-refractivity contribution in [3.05, 3.63) is 0 Å². The number of nitrogens with two attached hydrogens (primary N) is 3. The van der Waals surface area contributed by atoms with Gasteiger partial charge in [-0.2, -0.15) is 0 Å². The minimum absolute atomic E-state index is 0.0342. The normalized spacial score (nSPS) is 12.2. The van der Waals surface area contributed by atoms with Gasteiger partial charge in [-0.15, -0.1) is 0 Å². The maximum absolute atomic E-state index is 11.9. The van der Waals surface area contributed by atoms with Crippen LogP contribution >= 0.6 is 0 Å². The summed E-state index contributed by atoms with van der Waals surface area (Å²) in [4.78, 5) is 14.2. The number of carbonyl (C=O) groups is 1. The highest BCUT2D eigenvalue weighted by molar-refractivity contribution is 5.81. The van der Waals surface area contributed by atoms with Crippen molar-refractivity contribution in [2.75, 3.05) is 53.0 Å². The van der Waals surface area contributed by atoms with E-state index in [1.54, 1.807) is 7.11 Å². The van der Waals surface area contributed by atoms with Crippen molar-refractivity contribution in [2.24, 2.45) is 17.2 Å². The number of rotatable bonds is 16. The van der Waals surface area contributed by atoms with Crippen molar-refractivity contribution < 1.29 is 9.53 Å². The van der Waals surface area contributed by atoms with Crippen LogP contribution in [0.4, 0.5) is 0 Å². The number of amides is 1. The number of hydrogen-bond donors (Lipinski definition) is 6. The molecule has 0 aromatic heterocycles. The topological polar surface area (TPSA) is 156 Å². The zero-order chi connectivity index (χ0) is 18.9. The number of guanidine groups is 1. The largest absolute Gasteiger partial charge is 0.383 e. The third-order valence-corrected chi connectivity index (χ3v) is 3.83. The number of methoxy groups -OCH3 is 1. The molecule has 0 radical (unpaired) electrons. The fraction of sp³-hybridized carbons (Fsp3) is 0.875. The van der Waals surface area contributed by atoms with E-state index in [0.29, 0.717) is 32.7 Å². The lowest BCUT2D eigenvalue weighted by atomic mass is 10.1. The minimum Gasteiger partial charge on any atom is -0.383 e. The molecule has 0 aromatic rings. The molecule has 0 aliphatic carbocycles. The zero-order valence-corrected chi connectivity index (χ0v) is 15.6. The van der Waals surface area contributed by atoms with Crippen LogP contribution in [0.5, 0.6) is 0 Å². The number of nitrogens with one attached hydrogen (secondary N) is 3. The highest BCUT2D eigenvalue weighted by atomic mass is 16.5. The SMILES string of the molecule is COCCN(CCCN)CCCNC(=O)[C@@H](N)CCCCNC(=N)N. The van der Waals surface area contributed by atoms with E-state index in [-0.39, 0.29) is 11.9 Å². The smallest absolute Gasteiger partial charge is 0.236 e.